The van der Waals surface area contributed by atoms with E-state index in [1.54, 1.807) is 24.5 Å². The lowest BCUT2D eigenvalue weighted by atomic mass is 10.2. The topological polar surface area (TPSA) is 79.3 Å². The normalized spacial score (nSPS) is 11.6. The number of aromatic nitrogens is 1. The standard InChI is InChI=1S/C13H12Cl2N2O3S/c14-11-1-2-12(13(15)10(11)8-18)21(19,20)17-7-9-3-5-16-6-4-9/h1-6,17-18H,7-8H2. The Hall–Kier alpha value is -1.18. The minimum absolute atomic E-state index is 0.0766. The molecule has 112 valence electrons. The Morgan fingerprint density at radius 3 is 2.43 bits per heavy atom. The first-order valence-corrected chi connectivity index (χ1v) is 8.16. The summed E-state index contributed by atoms with van der Waals surface area (Å²) in [6.07, 6.45) is 3.14. The molecule has 2 rings (SSSR count). The largest absolute Gasteiger partial charge is 0.392 e. The van der Waals surface area contributed by atoms with Crippen molar-refractivity contribution in [1.82, 2.24) is 9.71 Å². The Morgan fingerprint density at radius 1 is 1.14 bits per heavy atom. The number of rotatable bonds is 5. The van der Waals surface area contributed by atoms with E-state index in [1.165, 1.54) is 12.1 Å². The molecule has 0 aliphatic rings. The van der Waals surface area contributed by atoms with Gasteiger partial charge < -0.3 is 5.11 Å². The lowest BCUT2D eigenvalue weighted by Crippen LogP contribution is -2.23. The summed E-state index contributed by atoms with van der Waals surface area (Å²) in [4.78, 5) is 3.73. The lowest BCUT2D eigenvalue weighted by molar-refractivity contribution is 0.281. The van der Waals surface area contributed by atoms with Crippen LogP contribution >= 0.6 is 23.2 Å². The molecule has 0 amide bonds. The first kappa shape index (κ1) is 16.2. The van der Waals surface area contributed by atoms with Crippen LogP contribution < -0.4 is 4.72 Å². The van der Waals surface area contributed by atoms with Crippen molar-refractivity contribution in [3.63, 3.8) is 0 Å². The summed E-state index contributed by atoms with van der Waals surface area (Å²) in [6.45, 7) is -0.330. The highest BCUT2D eigenvalue weighted by molar-refractivity contribution is 7.89. The maximum Gasteiger partial charge on any atom is 0.242 e. The molecule has 0 spiro atoms. The molecule has 0 atom stereocenters. The van der Waals surface area contributed by atoms with Gasteiger partial charge >= 0.3 is 0 Å². The number of aliphatic hydroxyl groups is 1. The predicted molar refractivity (Wildman–Crippen MR) is 80.6 cm³/mol. The third kappa shape index (κ3) is 3.72. The molecular weight excluding hydrogens is 335 g/mol. The Balaban J connectivity index is 2.28. The first-order valence-electron chi connectivity index (χ1n) is 5.92. The molecule has 1 heterocycles. The van der Waals surface area contributed by atoms with E-state index in [1.807, 2.05) is 0 Å². The summed E-state index contributed by atoms with van der Waals surface area (Å²) in [5.74, 6) is 0. The summed E-state index contributed by atoms with van der Waals surface area (Å²) >= 11 is 11.9. The molecule has 21 heavy (non-hydrogen) atoms. The van der Waals surface area contributed by atoms with E-state index in [0.29, 0.717) is 0 Å². The van der Waals surface area contributed by atoms with Crippen LogP contribution in [0.4, 0.5) is 0 Å². The number of aliphatic hydroxyl groups excluding tert-OH is 1. The summed E-state index contributed by atoms with van der Waals surface area (Å²) in [7, 11) is -3.81. The minimum atomic E-state index is -3.81. The highest BCUT2D eigenvalue weighted by Crippen LogP contribution is 2.31. The maximum atomic E-state index is 12.3. The van der Waals surface area contributed by atoms with Gasteiger partial charge in [-0.1, -0.05) is 23.2 Å². The monoisotopic (exact) mass is 346 g/mol. The van der Waals surface area contributed by atoms with Gasteiger partial charge in [0.05, 0.1) is 11.6 Å². The molecule has 0 fully saturated rings. The van der Waals surface area contributed by atoms with Gasteiger partial charge in [0.2, 0.25) is 10.0 Å². The molecule has 0 saturated heterocycles. The van der Waals surface area contributed by atoms with Crippen LogP contribution in [0.5, 0.6) is 0 Å². The number of benzene rings is 1. The molecule has 0 aliphatic carbocycles. The van der Waals surface area contributed by atoms with E-state index in [0.717, 1.165) is 5.56 Å². The predicted octanol–water partition coefficient (Wildman–Crippen LogP) is 2.36. The Bertz CT molecular complexity index is 737. The molecular formula is C13H12Cl2N2O3S. The maximum absolute atomic E-state index is 12.3. The molecule has 0 radical (unpaired) electrons. The van der Waals surface area contributed by atoms with Gasteiger partial charge in [0.1, 0.15) is 4.90 Å². The van der Waals surface area contributed by atoms with Crippen molar-refractivity contribution in [1.29, 1.82) is 0 Å². The number of pyridine rings is 1. The third-order valence-electron chi connectivity index (χ3n) is 2.81. The summed E-state index contributed by atoms with van der Waals surface area (Å²) in [5, 5.41) is 9.35. The van der Waals surface area contributed by atoms with Gasteiger partial charge in [-0.25, -0.2) is 13.1 Å². The fourth-order valence-electron chi connectivity index (χ4n) is 1.69. The number of hydrogen-bond acceptors (Lipinski definition) is 4. The van der Waals surface area contributed by atoms with Gasteiger partial charge in [0.25, 0.3) is 0 Å². The second kappa shape index (κ2) is 6.72. The van der Waals surface area contributed by atoms with Gasteiger partial charge in [-0.15, -0.1) is 0 Å². The fraction of sp³-hybridized carbons (Fsp3) is 0.154. The molecule has 2 aromatic rings. The van der Waals surface area contributed by atoms with Crippen molar-refractivity contribution in [3.8, 4) is 0 Å². The summed E-state index contributed by atoms with van der Waals surface area (Å²) < 4.78 is 27.0. The van der Waals surface area contributed by atoms with Crippen LogP contribution in [0.3, 0.4) is 0 Å². The van der Waals surface area contributed by atoms with Crippen LogP contribution in [0.15, 0.2) is 41.6 Å². The van der Waals surface area contributed by atoms with Crippen molar-refractivity contribution in [3.05, 3.63) is 57.8 Å². The van der Waals surface area contributed by atoms with Crippen LogP contribution in [0.2, 0.25) is 10.0 Å². The number of halogens is 2. The number of sulfonamides is 1. The second-order valence-corrected chi connectivity index (χ2v) is 6.70. The van der Waals surface area contributed by atoms with Crippen LogP contribution in [0.1, 0.15) is 11.1 Å². The Morgan fingerprint density at radius 2 is 1.81 bits per heavy atom. The molecule has 2 N–H and O–H groups in total. The van der Waals surface area contributed by atoms with Gasteiger partial charge in [-0.3, -0.25) is 4.98 Å². The molecule has 0 unspecified atom stereocenters. The van der Waals surface area contributed by atoms with Gasteiger partial charge in [0.15, 0.2) is 0 Å². The van der Waals surface area contributed by atoms with Crippen LogP contribution in [0.25, 0.3) is 0 Å². The molecule has 0 saturated carbocycles. The van der Waals surface area contributed by atoms with Crippen LogP contribution in [-0.2, 0) is 23.2 Å². The number of hydrogen-bond donors (Lipinski definition) is 2. The van der Waals surface area contributed by atoms with E-state index >= 15 is 0 Å². The SMILES string of the molecule is O=S(=O)(NCc1ccncc1)c1ccc(Cl)c(CO)c1Cl. The summed E-state index contributed by atoms with van der Waals surface area (Å²) in [5.41, 5.74) is 0.950. The number of nitrogens with zero attached hydrogens (tertiary/aromatic N) is 1. The molecule has 8 heteroatoms. The van der Waals surface area contributed by atoms with Crippen LogP contribution in [-0.4, -0.2) is 18.5 Å². The molecule has 1 aromatic carbocycles. The van der Waals surface area contributed by atoms with Crippen molar-refractivity contribution >= 4 is 33.2 Å². The van der Waals surface area contributed by atoms with Crippen molar-refractivity contribution in [2.45, 2.75) is 18.0 Å². The van der Waals surface area contributed by atoms with Gasteiger partial charge in [0, 0.05) is 29.5 Å². The van der Waals surface area contributed by atoms with Crippen molar-refractivity contribution in [2.24, 2.45) is 0 Å². The first-order chi connectivity index (χ1) is 9.95. The molecule has 0 aliphatic heterocycles. The smallest absolute Gasteiger partial charge is 0.242 e. The highest BCUT2D eigenvalue weighted by atomic mass is 35.5. The third-order valence-corrected chi connectivity index (χ3v) is 5.16. The van der Waals surface area contributed by atoms with E-state index in [2.05, 4.69) is 9.71 Å². The average molecular weight is 347 g/mol. The number of nitrogens with one attached hydrogen (secondary N) is 1. The average Bonchev–Trinajstić information content (AvgIpc) is 2.46. The van der Waals surface area contributed by atoms with E-state index in [4.69, 9.17) is 23.2 Å². The zero-order valence-electron chi connectivity index (χ0n) is 10.8. The van der Waals surface area contributed by atoms with Crippen molar-refractivity contribution in [2.75, 3.05) is 0 Å². The minimum Gasteiger partial charge on any atom is -0.392 e. The fourth-order valence-corrected chi connectivity index (χ4v) is 3.60. The summed E-state index contributed by atoms with van der Waals surface area (Å²) in [6, 6.07) is 6.09. The molecule has 1 aromatic heterocycles. The van der Waals surface area contributed by atoms with Gasteiger partial charge in [-0.2, -0.15) is 0 Å². The molecule has 0 bridgehead atoms. The highest BCUT2D eigenvalue weighted by Gasteiger charge is 2.21. The Kier molecular flexibility index (Phi) is 5.18. The lowest BCUT2D eigenvalue weighted by Gasteiger charge is -2.11. The van der Waals surface area contributed by atoms with E-state index in [9.17, 15) is 13.5 Å². The second-order valence-electron chi connectivity index (χ2n) is 4.18. The zero-order valence-corrected chi connectivity index (χ0v) is 13.1. The zero-order chi connectivity index (χ0) is 15.5. The van der Waals surface area contributed by atoms with Gasteiger partial charge in [-0.05, 0) is 29.8 Å². The van der Waals surface area contributed by atoms with E-state index in [-0.39, 0.29) is 27.0 Å². The van der Waals surface area contributed by atoms with Crippen LogP contribution in [0, 0.1) is 0 Å². The molecule has 5 nitrogen and oxygen atoms in total. The van der Waals surface area contributed by atoms with E-state index < -0.39 is 16.6 Å². The quantitative estimate of drug-likeness (QED) is 0.870. The van der Waals surface area contributed by atoms with Crippen molar-refractivity contribution < 1.29 is 13.5 Å². The Labute approximate surface area is 132 Å².